The Balaban J connectivity index is 0.00000220. The lowest BCUT2D eigenvalue weighted by Crippen LogP contribution is -2.49. The Kier molecular flexibility index (Phi) is 6.45. The quantitative estimate of drug-likeness (QED) is 0.876. The highest BCUT2D eigenvalue weighted by Crippen LogP contribution is 2.17. The van der Waals surface area contributed by atoms with Gasteiger partial charge in [0.1, 0.15) is 17.9 Å². The van der Waals surface area contributed by atoms with E-state index in [2.05, 4.69) is 0 Å². The van der Waals surface area contributed by atoms with Crippen LogP contribution in [0, 0.1) is 0 Å². The minimum absolute atomic E-state index is 0. The molecular formula is C14H19ClN2O4. The first-order valence-electron chi connectivity index (χ1n) is 6.49. The molecule has 1 saturated heterocycles. The number of carboxylic acids is 1. The number of likely N-dealkylation sites (N-methyl/N-ethyl adjacent to an activating group) is 1. The SMILES string of the molecule is CN1CCN(CCOc2ccccc2C(=O)O)CC1=O.Cl. The van der Waals surface area contributed by atoms with E-state index in [9.17, 15) is 9.59 Å². The van der Waals surface area contributed by atoms with E-state index in [1.807, 2.05) is 4.90 Å². The van der Waals surface area contributed by atoms with Crippen molar-refractivity contribution in [3.63, 3.8) is 0 Å². The summed E-state index contributed by atoms with van der Waals surface area (Å²) in [5.41, 5.74) is 0.155. The van der Waals surface area contributed by atoms with Crippen molar-refractivity contribution in [3.8, 4) is 5.75 Å². The normalized spacial score (nSPS) is 15.5. The lowest BCUT2D eigenvalue weighted by molar-refractivity contribution is -0.134. The molecular weight excluding hydrogens is 296 g/mol. The van der Waals surface area contributed by atoms with Crippen LogP contribution in [0.25, 0.3) is 0 Å². The zero-order valence-electron chi connectivity index (χ0n) is 11.8. The number of hydrogen-bond acceptors (Lipinski definition) is 4. The van der Waals surface area contributed by atoms with E-state index in [1.54, 1.807) is 30.1 Å². The molecule has 0 spiro atoms. The highest BCUT2D eigenvalue weighted by Gasteiger charge is 2.20. The lowest BCUT2D eigenvalue weighted by Gasteiger charge is -2.31. The molecule has 116 valence electrons. The predicted octanol–water partition coefficient (Wildman–Crippen LogP) is 0.959. The lowest BCUT2D eigenvalue weighted by atomic mass is 10.2. The number of hydrogen-bond donors (Lipinski definition) is 1. The molecule has 2 rings (SSSR count). The predicted molar refractivity (Wildman–Crippen MR) is 80.2 cm³/mol. The number of amides is 1. The number of carbonyl (C=O) groups excluding carboxylic acids is 1. The summed E-state index contributed by atoms with van der Waals surface area (Å²) in [6, 6.07) is 6.55. The van der Waals surface area contributed by atoms with Gasteiger partial charge in [-0.15, -0.1) is 12.4 Å². The molecule has 7 heteroatoms. The van der Waals surface area contributed by atoms with Crippen LogP contribution in [0.1, 0.15) is 10.4 Å². The second-order valence-electron chi connectivity index (χ2n) is 4.74. The van der Waals surface area contributed by atoms with Gasteiger partial charge in [-0.25, -0.2) is 4.79 Å². The van der Waals surface area contributed by atoms with Crippen LogP contribution in [0.15, 0.2) is 24.3 Å². The third kappa shape index (κ3) is 4.61. The highest BCUT2D eigenvalue weighted by molar-refractivity contribution is 5.90. The summed E-state index contributed by atoms with van der Waals surface area (Å²) < 4.78 is 5.52. The molecule has 1 heterocycles. The molecule has 1 N–H and O–H groups in total. The van der Waals surface area contributed by atoms with E-state index in [1.165, 1.54) is 6.07 Å². The van der Waals surface area contributed by atoms with Gasteiger partial charge in [0.25, 0.3) is 0 Å². The first kappa shape index (κ1) is 17.3. The largest absolute Gasteiger partial charge is 0.491 e. The van der Waals surface area contributed by atoms with Gasteiger partial charge in [-0.2, -0.15) is 0 Å². The standard InChI is InChI=1S/C14H18N2O4.ClH/c1-15-6-7-16(10-13(15)17)8-9-20-12-5-3-2-4-11(12)14(18)19;/h2-5H,6-10H2,1H3,(H,18,19);1H. The molecule has 6 nitrogen and oxygen atoms in total. The molecule has 1 aliphatic heterocycles. The summed E-state index contributed by atoms with van der Waals surface area (Å²) >= 11 is 0. The number of carboxylic acid groups (broad SMARTS) is 1. The molecule has 1 aromatic carbocycles. The number of piperazine rings is 1. The molecule has 1 amide bonds. The maximum atomic E-state index is 11.5. The summed E-state index contributed by atoms with van der Waals surface area (Å²) in [4.78, 5) is 26.3. The Morgan fingerprint density at radius 3 is 2.71 bits per heavy atom. The summed E-state index contributed by atoms with van der Waals surface area (Å²) in [7, 11) is 1.79. The summed E-state index contributed by atoms with van der Waals surface area (Å²) in [5.74, 6) is -0.544. The maximum Gasteiger partial charge on any atom is 0.339 e. The van der Waals surface area contributed by atoms with E-state index < -0.39 is 5.97 Å². The number of halogens is 1. The van der Waals surface area contributed by atoms with Crippen LogP contribution in [-0.4, -0.2) is 66.6 Å². The molecule has 1 aliphatic rings. The van der Waals surface area contributed by atoms with Crippen molar-refractivity contribution in [2.75, 3.05) is 39.8 Å². The van der Waals surface area contributed by atoms with Crippen molar-refractivity contribution >= 4 is 24.3 Å². The van der Waals surface area contributed by atoms with E-state index in [0.717, 1.165) is 6.54 Å². The van der Waals surface area contributed by atoms with Gasteiger partial charge in [0.15, 0.2) is 0 Å². The summed E-state index contributed by atoms with van der Waals surface area (Å²) in [6.45, 7) is 2.88. The molecule has 0 radical (unpaired) electrons. The van der Waals surface area contributed by atoms with E-state index >= 15 is 0 Å². The fourth-order valence-electron chi connectivity index (χ4n) is 2.05. The minimum Gasteiger partial charge on any atom is -0.491 e. The summed E-state index contributed by atoms with van der Waals surface area (Å²) in [5, 5.41) is 9.04. The number of para-hydroxylation sites is 1. The average molecular weight is 315 g/mol. The Morgan fingerprint density at radius 1 is 1.33 bits per heavy atom. The number of rotatable bonds is 5. The topological polar surface area (TPSA) is 70.1 Å². The second kappa shape index (κ2) is 7.85. The Bertz CT molecular complexity index is 510. The van der Waals surface area contributed by atoms with Crippen LogP contribution in [-0.2, 0) is 4.79 Å². The molecule has 1 aromatic rings. The van der Waals surface area contributed by atoms with Gasteiger partial charge in [0, 0.05) is 26.7 Å². The fourth-order valence-corrected chi connectivity index (χ4v) is 2.05. The van der Waals surface area contributed by atoms with Gasteiger partial charge in [0.05, 0.1) is 6.54 Å². The number of aromatic carboxylic acids is 1. The highest BCUT2D eigenvalue weighted by atomic mass is 35.5. The summed E-state index contributed by atoms with van der Waals surface area (Å²) in [6.07, 6.45) is 0. The fraction of sp³-hybridized carbons (Fsp3) is 0.429. The van der Waals surface area contributed by atoms with Crippen LogP contribution in [0.5, 0.6) is 5.75 Å². The Hall–Kier alpha value is -1.79. The van der Waals surface area contributed by atoms with Crippen LogP contribution >= 0.6 is 12.4 Å². The van der Waals surface area contributed by atoms with Crippen molar-refractivity contribution in [2.24, 2.45) is 0 Å². The first-order valence-corrected chi connectivity index (χ1v) is 6.49. The minimum atomic E-state index is -1.00. The molecule has 21 heavy (non-hydrogen) atoms. The number of ether oxygens (including phenoxy) is 1. The van der Waals surface area contributed by atoms with Crippen molar-refractivity contribution < 1.29 is 19.4 Å². The first-order chi connectivity index (χ1) is 9.58. The molecule has 0 aliphatic carbocycles. The number of nitrogens with zero attached hydrogens (tertiary/aromatic N) is 2. The maximum absolute atomic E-state index is 11.5. The number of benzene rings is 1. The van der Waals surface area contributed by atoms with Crippen LogP contribution in [0.3, 0.4) is 0 Å². The van der Waals surface area contributed by atoms with Gasteiger partial charge in [-0.1, -0.05) is 12.1 Å². The molecule has 0 unspecified atom stereocenters. The molecule has 1 fully saturated rings. The van der Waals surface area contributed by atoms with E-state index in [-0.39, 0.29) is 23.9 Å². The van der Waals surface area contributed by atoms with Crippen LogP contribution < -0.4 is 4.74 Å². The second-order valence-corrected chi connectivity index (χ2v) is 4.74. The van der Waals surface area contributed by atoms with Crippen molar-refractivity contribution in [3.05, 3.63) is 29.8 Å². The average Bonchev–Trinajstić information content (AvgIpc) is 2.43. The molecule has 0 bridgehead atoms. The van der Waals surface area contributed by atoms with E-state index in [0.29, 0.717) is 32.0 Å². The zero-order chi connectivity index (χ0) is 14.5. The van der Waals surface area contributed by atoms with Crippen molar-refractivity contribution in [1.82, 2.24) is 9.80 Å². The molecule has 0 saturated carbocycles. The monoisotopic (exact) mass is 314 g/mol. The Labute approximate surface area is 129 Å². The van der Waals surface area contributed by atoms with Crippen molar-refractivity contribution in [2.45, 2.75) is 0 Å². The third-order valence-corrected chi connectivity index (χ3v) is 3.32. The molecule has 0 aromatic heterocycles. The van der Waals surface area contributed by atoms with Gasteiger partial charge in [0.2, 0.25) is 5.91 Å². The van der Waals surface area contributed by atoms with Gasteiger partial charge in [-0.3, -0.25) is 9.69 Å². The van der Waals surface area contributed by atoms with Gasteiger partial charge < -0.3 is 14.7 Å². The van der Waals surface area contributed by atoms with E-state index in [4.69, 9.17) is 9.84 Å². The van der Waals surface area contributed by atoms with Crippen LogP contribution in [0.2, 0.25) is 0 Å². The van der Waals surface area contributed by atoms with Crippen molar-refractivity contribution in [1.29, 1.82) is 0 Å². The zero-order valence-corrected chi connectivity index (χ0v) is 12.6. The number of carbonyl (C=O) groups is 2. The smallest absolute Gasteiger partial charge is 0.339 e. The van der Waals surface area contributed by atoms with Gasteiger partial charge in [-0.05, 0) is 12.1 Å². The molecule has 0 atom stereocenters. The van der Waals surface area contributed by atoms with Gasteiger partial charge >= 0.3 is 5.97 Å². The third-order valence-electron chi connectivity index (χ3n) is 3.32. The van der Waals surface area contributed by atoms with Crippen LogP contribution in [0.4, 0.5) is 0 Å². The Morgan fingerprint density at radius 2 is 2.05 bits per heavy atom.